The van der Waals surface area contributed by atoms with E-state index in [2.05, 4.69) is 5.32 Å². The van der Waals surface area contributed by atoms with Gasteiger partial charge in [0.1, 0.15) is 12.4 Å². The Bertz CT molecular complexity index is 466. The first kappa shape index (κ1) is 15.4. The summed E-state index contributed by atoms with van der Waals surface area (Å²) in [5.41, 5.74) is 0. The molecule has 1 saturated carbocycles. The largest absolute Gasteiger partial charge is 0.492 e. The molecule has 21 heavy (non-hydrogen) atoms. The number of benzene rings is 1. The lowest BCUT2D eigenvalue weighted by Gasteiger charge is -2.25. The van der Waals surface area contributed by atoms with E-state index in [1.807, 2.05) is 30.3 Å². The molecule has 5 nitrogen and oxygen atoms in total. The molecule has 0 radical (unpaired) electrons. The molecule has 1 aromatic rings. The Morgan fingerprint density at radius 1 is 1.10 bits per heavy atom. The van der Waals surface area contributed by atoms with Crippen LogP contribution in [0.15, 0.2) is 30.3 Å². The maximum Gasteiger partial charge on any atom is 0.306 e. The van der Waals surface area contributed by atoms with E-state index in [0.29, 0.717) is 38.8 Å². The highest BCUT2D eigenvalue weighted by Gasteiger charge is 2.29. The first-order chi connectivity index (χ1) is 10.2. The van der Waals surface area contributed by atoms with E-state index in [9.17, 15) is 9.59 Å². The summed E-state index contributed by atoms with van der Waals surface area (Å²) in [6.07, 6.45) is 2.49. The minimum atomic E-state index is -0.745. The number of hydrogen-bond acceptors (Lipinski definition) is 3. The second-order valence-corrected chi connectivity index (χ2v) is 5.34. The molecule has 0 bridgehead atoms. The van der Waals surface area contributed by atoms with E-state index in [4.69, 9.17) is 9.84 Å². The van der Waals surface area contributed by atoms with E-state index in [0.717, 1.165) is 5.75 Å². The zero-order valence-corrected chi connectivity index (χ0v) is 12.0. The fraction of sp³-hybridized carbons (Fsp3) is 0.500. The van der Waals surface area contributed by atoms with Crippen LogP contribution in [0.5, 0.6) is 5.75 Å². The number of aliphatic carboxylic acids is 1. The fourth-order valence-electron chi connectivity index (χ4n) is 2.61. The van der Waals surface area contributed by atoms with Crippen molar-refractivity contribution in [1.82, 2.24) is 5.32 Å². The van der Waals surface area contributed by atoms with Crippen LogP contribution in [0.1, 0.15) is 25.7 Å². The van der Waals surface area contributed by atoms with Crippen LogP contribution >= 0.6 is 0 Å². The maximum atomic E-state index is 12.0. The third kappa shape index (κ3) is 4.77. The van der Waals surface area contributed by atoms with Crippen LogP contribution in [0.3, 0.4) is 0 Å². The van der Waals surface area contributed by atoms with Crippen LogP contribution in [0, 0.1) is 11.8 Å². The summed E-state index contributed by atoms with van der Waals surface area (Å²) < 4.78 is 5.50. The molecule has 1 aliphatic carbocycles. The number of para-hydroxylation sites is 1. The second-order valence-electron chi connectivity index (χ2n) is 5.34. The molecule has 0 heterocycles. The number of nitrogens with one attached hydrogen (secondary N) is 1. The van der Waals surface area contributed by atoms with Crippen LogP contribution < -0.4 is 10.1 Å². The fourth-order valence-corrected chi connectivity index (χ4v) is 2.61. The molecule has 0 spiro atoms. The molecule has 2 rings (SSSR count). The summed E-state index contributed by atoms with van der Waals surface area (Å²) in [6, 6.07) is 9.45. The zero-order chi connectivity index (χ0) is 15.1. The van der Waals surface area contributed by atoms with Gasteiger partial charge >= 0.3 is 5.97 Å². The number of carbonyl (C=O) groups excluding carboxylic acids is 1. The van der Waals surface area contributed by atoms with Crippen molar-refractivity contribution < 1.29 is 19.4 Å². The predicted molar refractivity (Wildman–Crippen MR) is 78.0 cm³/mol. The van der Waals surface area contributed by atoms with Crippen molar-refractivity contribution >= 4 is 11.9 Å². The van der Waals surface area contributed by atoms with Crippen LogP contribution in [-0.4, -0.2) is 30.1 Å². The van der Waals surface area contributed by atoms with E-state index < -0.39 is 5.97 Å². The quantitative estimate of drug-likeness (QED) is 0.787. The second kappa shape index (κ2) is 7.67. The normalized spacial score (nSPS) is 21.5. The third-order valence-corrected chi connectivity index (χ3v) is 3.86. The van der Waals surface area contributed by atoms with Crippen molar-refractivity contribution in [2.75, 3.05) is 13.2 Å². The number of carboxylic acid groups (broad SMARTS) is 1. The molecule has 2 N–H and O–H groups in total. The van der Waals surface area contributed by atoms with E-state index in [1.54, 1.807) is 0 Å². The Balaban J connectivity index is 1.63. The SMILES string of the molecule is O=C(O)C1CCC(C(=O)NCCOc2ccccc2)CC1. The number of carbonyl (C=O) groups is 2. The Morgan fingerprint density at radius 2 is 1.71 bits per heavy atom. The number of ether oxygens (including phenoxy) is 1. The Labute approximate surface area is 124 Å². The highest BCUT2D eigenvalue weighted by atomic mass is 16.5. The number of rotatable bonds is 6. The van der Waals surface area contributed by atoms with Gasteiger partial charge < -0.3 is 15.2 Å². The Morgan fingerprint density at radius 3 is 2.33 bits per heavy atom. The third-order valence-electron chi connectivity index (χ3n) is 3.86. The minimum absolute atomic E-state index is 0.00972. The molecule has 0 saturated heterocycles. The van der Waals surface area contributed by atoms with Crippen molar-refractivity contribution in [2.24, 2.45) is 11.8 Å². The first-order valence-electron chi connectivity index (χ1n) is 7.35. The molecular formula is C16H21NO4. The number of hydrogen-bond donors (Lipinski definition) is 2. The van der Waals surface area contributed by atoms with Gasteiger partial charge in [0, 0.05) is 5.92 Å². The lowest BCUT2D eigenvalue weighted by atomic mass is 9.81. The van der Waals surface area contributed by atoms with Gasteiger partial charge in [-0.1, -0.05) is 18.2 Å². The predicted octanol–water partition coefficient (Wildman–Crippen LogP) is 2.07. The van der Waals surface area contributed by atoms with Gasteiger partial charge in [-0.15, -0.1) is 0 Å². The summed E-state index contributed by atoms with van der Waals surface area (Å²) in [5, 5.41) is 11.8. The van der Waals surface area contributed by atoms with Gasteiger partial charge in [-0.25, -0.2) is 0 Å². The van der Waals surface area contributed by atoms with Crippen LogP contribution in [0.25, 0.3) is 0 Å². The molecule has 0 unspecified atom stereocenters. The van der Waals surface area contributed by atoms with Gasteiger partial charge in [0.15, 0.2) is 0 Å². The van der Waals surface area contributed by atoms with Crippen molar-refractivity contribution in [1.29, 1.82) is 0 Å². The monoisotopic (exact) mass is 291 g/mol. The Kier molecular flexibility index (Phi) is 5.60. The Hall–Kier alpha value is -2.04. The molecule has 114 valence electrons. The van der Waals surface area contributed by atoms with Gasteiger partial charge in [0.25, 0.3) is 0 Å². The van der Waals surface area contributed by atoms with Gasteiger partial charge in [0.2, 0.25) is 5.91 Å². The lowest BCUT2D eigenvalue weighted by Crippen LogP contribution is -2.36. The summed E-state index contributed by atoms with van der Waals surface area (Å²) in [6.45, 7) is 0.896. The number of amides is 1. The summed E-state index contributed by atoms with van der Waals surface area (Å²) in [5.74, 6) is -0.290. The maximum absolute atomic E-state index is 12.0. The molecule has 1 fully saturated rings. The molecule has 0 atom stereocenters. The van der Waals surface area contributed by atoms with Gasteiger partial charge in [-0.05, 0) is 37.8 Å². The smallest absolute Gasteiger partial charge is 0.306 e. The summed E-state index contributed by atoms with van der Waals surface area (Å²) in [7, 11) is 0. The van der Waals surface area contributed by atoms with Crippen molar-refractivity contribution in [2.45, 2.75) is 25.7 Å². The van der Waals surface area contributed by atoms with Crippen LogP contribution in [0.2, 0.25) is 0 Å². The summed E-state index contributed by atoms with van der Waals surface area (Å²) >= 11 is 0. The average molecular weight is 291 g/mol. The number of carboxylic acids is 1. The molecule has 1 aromatic carbocycles. The van der Waals surface area contributed by atoms with E-state index in [1.165, 1.54) is 0 Å². The highest BCUT2D eigenvalue weighted by Crippen LogP contribution is 2.28. The molecular weight excluding hydrogens is 270 g/mol. The molecule has 0 aromatic heterocycles. The van der Waals surface area contributed by atoms with Gasteiger partial charge in [0.05, 0.1) is 12.5 Å². The van der Waals surface area contributed by atoms with Crippen molar-refractivity contribution in [3.8, 4) is 5.75 Å². The van der Waals surface area contributed by atoms with E-state index in [-0.39, 0.29) is 17.7 Å². The van der Waals surface area contributed by atoms with Crippen LogP contribution in [0.4, 0.5) is 0 Å². The molecule has 5 heteroatoms. The summed E-state index contributed by atoms with van der Waals surface area (Å²) in [4.78, 5) is 22.8. The first-order valence-corrected chi connectivity index (χ1v) is 7.35. The van der Waals surface area contributed by atoms with Crippen molar-refractivity contribution in [3.05, 3.63) is 30.3 Å². The highest BCUT2D eigenvalue weighted by molar-refractivity contribution is 5.79. The van der Waals surface area contributed by atoms with E-state index >= 15 is 0 Å². The molecule has 1 amide bonds. The lowest BCUT2D eigenvalue weighted by molar-refractivity contribution is -0.144. The van der Waals surface area contributed by atoms with Gasteiger partial charge in [-0.3, -0.25) is 9.59 Å². The average Bonchev–Trinajstić information content (AvgIpc) is 2.52. The topological polar surface area (TPSA) is 75.6 Å². The molecule has 1 aliphatic rings. The van der Waals surface area contributed by atoms with Crippen molar-refractivity contribution in [3.63, 3.8) is 0 Å². The van der Waals surface area contributed by atoms with Crippen LogP contribution in [-0.2, 0) is 9.59 Å². The zero-order valence-electron chi connectivity index (χ0n) is 12.0. The minimum Gasteiger partial charge on any atom is -0.492 e. The van der Waals surface area contributed by atoms with Gasteiger partial charge in [-0.2, -0.15) is 0 Å². The molecule has 0 aliphatic heterocycles. The standard InChI is InChI=1S/C16H21NO4/c18-15(12-6-8-13(9-7-12)16(19)20)17-10-11-21-14-4-2-1-3-5-14/h1-5,12-13H,6-11H2,(H,17,18)(H,19,20).